The molecule has 1 aromatic heterocycles. The number of piperazine rings is 1. The average Bonchev–Trinajstić information content (AvgIpc) is 3.91. The topological polar surface area (TPSA) is 210 Å². The summed E-state index contributed by atoms with van der Waals surface area (Å²) in [4.78, 5) is 83.6. The Labute approximate surface area is 405 Å². The zero-order chi connectivity index (χ0) is 48.1. The molecule has 7 heterocycles. The predicted molar refractivity (Wildman–Crippen MR) is 260 cm³/mol. The van der Waals surface area contributed by atoms with Crippen LogP contribution in [0.2, 0.25) is 5.02 Å². The third kappa shape index (κ3) is 9.12. The Morgan fingerprint density at radius 3 is 2.19 bits per heavy atom. The molecule has 1 unspecified atom stereocenters. The summed E-state index contributed by atoms with van der Waals surface area (Å²) in [5.74, 6) is -0.760. The van der Waals surface area contributed by atoms with E-state index in [4.69, 9.17) is 16.3 Å². The van der Waals surface area contributed by atoms with Crippen LogP contribution >= 0.6 is 11.6 Å². The van der Waals surface area contributed by atoms with Crippen molar-refractivity contribution < 1.29 is 37.1 Å². The fourth-order valence-electron chi connectivity index (χ4n) is 10.7. The van der Waals surface area contributed by atoms with Gasteiger partial charge in [-0.05, 0) is 80.5 Å². The van der Waals surface area contributed by atoms with Gasteiger partial charge in [0.1, 0.15) is 16.8 Å². The first-order valence-corrected chi connectivity index (χ1v) is 25.7. The van der Waals surface area contributed by atoms with Crippen LogP contribution in [-0.4, -0.2) is 147 Å². The summed E-state index contributed by atoms with van der Waals surface area (Å²) in [5, 5.41) is 9.00. The van der Waals surface area contributed by atoms with Crippen LogP contribution in [-0.2, 0) is 30.8 Å². The van der Waals surface area contributed by atoms with Crippen LogP contribution in [0.15, 0.2) is 60.8 Å². The number of amides is 5. The van der Waals surface area contributed by atoms with Gasteiger partial charge < -0.3 is 30.1 Å². The molecule has 4 aromatic rings. The number of rotatable bonds is 11. The number of ether oxygens (including phenoxy) is 1. The van der Waals surface area contributed by atoms with Gasteiger partial charge in [0.25, 0.3) is 11.8 Å². The summed E-state index contributed by atoms with van der Waals surface area (Å²) in [5.41, 5.74) is 5.10. The number of imide groups is 2. The second kappa shape index (κ2) is 18.8. The fourth-order valence-corrected chi connectivity index (χ4v) is 11.8. The van der Waals surface area contributed by atoms with Crippen molar-refractivity contribution in [1.82, 2.24) is 30.0 Å². The maximum Gasteiger partial charge on any atom is 0.262 e. The highest BCUT2D eigenvalue weighted by molar-refractivity contribution is 7.92. The van der Waals surface area contributed by atoms with E-state index in [2.05, 4.69) is 46.7 Å². The SMILES string of the molecule is COc1cc(N2CCC(N3CCN(C(=O)C4CCN(c5ccc6c(c5)C(=O)N(C5CCC(=O)NC5=O)C6=O)CC4)CC3)CC2)ccc1Nc1ncc(Cl)c(Nc2cccc3c2N(S(C)(=O)=O)CC3)n1. The summed E-state index contributed by atoms with van der Waals surface area (Å²) in [6.07, 6.45) is 6.83. The monoisotopic (exact) mass is 979 g/mol. The number of halogens is 1. The molecule has 21 heteroatoms. The molecule has 10 rings (SSSR count). The second-order valence-electron chi connectivity index (χ2n) is 18.4. The minimum atomic E-state index is -3.48. The standard InChI is InChI=1S/C48H54ClN11O8S/c1-68-40-27-33(7-9-37(40)52-48-50-28-36(49)43(54-48)51-38-5-3-4-29-14-21-59(42(29)38)69(2,66)67)56-19-15-31(16-20-56)57-22-24-58(25-23-57)45(63)30-12-17-55(18-13-30)32-6-8-34-35(26-32)47(65)60(46(34)64)39-10-11-41(61)53-44(39)62/h3-9,26-28,30-31,39H,10-25H2,1-2H3,(H,53,61,62)(H2,50,51,52,54). The molecular formula is C48H54ClN11O8S. The van der Waals surface area contributed by atoms with E-state index >= 15 is 0 Å². The molecule has 0 radical (unpaired) electrons. The normalized spacial score (nSPS) is 20.6. The van der Waals surface area contributed by atoms with Gasteiger partial charge in [-0.2, -0.15) is 4.98 Å². The van der Waals surface area contributed by atoms with Crippen molar-refractivity contribution in [3.8, 4) is 5.75 Å². The van der Waals surface area contributed by atoms with Crippen molar-refractivity contribution in [2.45, 2.75) is 57.0 Å². The molecule has 4 fully saturated rings. The minimum Gasteiger partial charge on any atom is -0.494 e. The number of carbonyl (C=O) groups excluding carboxylic acids is 5. The van der Waals surface area contributed by atoms with Gasteiger partial charge in [-0.3, -0.25) is 43.4 Å². The van der Waals surface area contributed by atoms with Crippen molar-refractivity contribution in [3.05, 3.63) is 82.5 Å². The number of aromatic nitrogens is 2. The molecule has 19 nitrogen and oxygen atoms in total. The van der Waals surface area contributed by atoms with E-state index in [0.29, 0.717) is 86.7 Å². The molecule has 0 bridgehead atoms. The van der Waals surface area contributed by atoms with Crippen molar-refractivity contribution in [3.63, 3.8) is 0 Å². The lowest BCUT2D eigenvalue weighted by molar-refractivity contribution is -0.138. The largest absolute Gasteiger partial charge is 0.494 e. The number of hydrogen-bond acceptors (Lipinski definition) is 15. The third-order valence-electron chi connectivity index (χ3n) is 14.4. The number of nitrogens with one attached hydrogen (secondary N) is 3. The molecule has 362 valence electrons. The Morgan fingerprint density at radius 2 is 1.48 bits per heavy atom. The van der Waals surface area contributed by atoms with E-state index in [0.717, 1.165) is 60.9 Å². The van der Waals surface area contributed by atoms with Crippen molar-refractivity contribution in [2.75, 3.05) is 97.0 Å². The summed E-state index contributed by atoms with van der Waals surface area (Å²) < 4.78 is 32.3. The highest BCUT2D eigenvalue weighted by atomic mass is 35.5. The summed E-state index contributed by atoms with van der Waals surface area (Å²) in [6, 6.07) is 16.2. The van der Waals surface area contributed by atoms with Crippen LogP contribution < -0.4 is 34.8 Å². The number of benzene rings is 3. The predicted octanol–water partition coefficient (Wildman–Crippen LogP) is 4.38. The van der Waals surface area contributed by atoms with E-state index in [1.54, 1.807) is 25.3 Å². The smallest absolute Gasteiger partial charge is 0.262 e. The maximum absolute atomic E-state index is 13.8. The van der Waals surface area contributed by atoms with E-state index in [9.17, 15) is 32.4 Å². The van der Waals surface area contributed by atoms with E-state index in [-0.39, 0.29) is 46.8 Å². The molecule has 3 aromatic carbocycles. The van der Waals surface area contributed by atoms with Gasteiger partial charge in [-0.15, -0.1) is 0 Å². The Hall–Kier alpha value is -6.51. The van der Waals surface area contributed by atoms with Crippen molar-refractivity contribution >= 4 is 91.4 Å². The minimum absolute atomic E-state index is 0.0659. The molecule has 5 amide bonds. The number of para-hydroxylation sites is 1. The number of piperidine rings is 3. The van der Waals surface area contributed by atoms with Crippen LogP contribution in [0.3, 0.4) is 0 Å². The Balaban J connectivity index is 0.691. The van der Waals surface area contributed by atoms with E-state index < -0.39 is 39.7 Å². The molecule has 1 atom stereocenters. The van der Waals surface area contributed by atoms with Gasteiger partial charge in [0.05, 0.1) is 47.8 Å². The summed E-state index contributed by atoms with van der Waals surface area (Å²) in [6.45, 7) is 6.45. The Kier molecular flexibility index (Phi) is 12.6. The van der Waals surface area contributed by atoms with Gasteiger partial charge in [0.15, 0.2) is 5.82 Å². The number of sulfonamides is 1. The number of hydrogen-bond donors (Lipinski definition) is 3. The van der Waals surface area contributed by atoms with Crippen LogP contribution in [0, 0.1) is 5.92 Å². The zero-order valence-corrected chi connectivity index (χ0v) is 40.0. The molecule has 0 saturated carbocycles. The Bertz CT molecular complexity index is 2840. The molecule has 4 saturated heterocycles. The maximum atomic E-state index is 13.8. The third-order valence-corrected chi connectivity index (χ3v) is 15.8. The number of anilines is 7. The first kappa shape index (κ1) is 46.2. The molecule has 0 spiro atoms. The van der Waals surface area contributed by atoms with Crippen LogP contribution in [0.5, 0.6) is 5.75 Å². The van der Waals surface area contributed by atoms with E-state index in [1.165, 1.54) is 16.8 Å². The highest BCUT2D eigenvalue weighted by Crippen LogP contribution is 2.40. The molecule has 69 heavy (non-hydrogen) atoms. The highest BCUT2D eigenvalue weighted by Gasteiger charge is 2.45. The van der Waals surface area contributed by atoms with Crippen LogP contribution in [0.1, 0.15) is 64.8 Å². The fraction of sp³-hybridized carbons (Fsp3) is 0.438. The van der Waals surface area contributed by atoms with Gasteiger partial charge in [-0.25, -0.2) is 13.4 Å². The second-order valence-corrected chi connectivity index (χ2v) is 20.8. The van der Waals surface area contributed by atoms with Gasteiger partial charge in [-0.1, -0.05) is 23.7 Å². The van der Waals surface area contributed by atoms with Crippen LogP contribution in [0.25, 0.3) is 0 Å². The number of methoxy groups -OCH3 is 1. The van der Waals surface area contributed by atoms with Crippen LogP contribution in [0.4, 0.5) is 40.2 Å². The lowest BCUT2D eigenvalue weighted by Gasteiger charge is -2.44. The number of fused-ring (bicyclic) bond motifs is 2. The molecule has 0 aliphatic carbocycles. The first-order valence-electron chi connectivity index (χ1n) is 23.5. The lowest BCUT2D eigenvalue weighted by Crippen LogP contribution is -2.55. The van der Waals surface area contributed by atoms with Gasteiger partial charge in [0.2, 0.25) is 33.7 Å². The molecule has 6 aliphatic heterocycles. The molecule has 6 aliphatic rings. The molecular weight excluding hydrogens is 926 g/mol. The first-order chi connectivity index (χ1) is 33.2. The molecule has 3 N–H and O–H groups in total. The summed E-state index contributed by atoms with van der Waals surface area (Å²) >= 11 is 6.54. The van der Waals surface area contributed by atoms with Gasteiger partial charge >= 0.3 is 0 Å². The van der Waals surface area contributed by atoms with Crippen molar-refractivity contribution in [2.24, 2.45) is 5.92 Å². The quantitative estimate of drug-likeness (QED) is 0.178. The number of nitrogens with zero attached hydrogens (tertiary/aromatic N) is 8. The van der Waals surface area contributed by atoms with Crippen molar-refractivity contribution in [1.29, 1.82) is 0 Å². The van der Waals surface area contributed by atoms with Gasteiger partial charge in [0, 0.05) is 94.7 Å². The lowest BCUT2D eigenvalue weighted by atomic mass is 9.94. The Morgan fingerprint density at radius 1 is 0.783 bits per heavy atom. The number of carbonyl (C=O) groups is 5. The summed E-state index contributed by atoms with van der Waals surface area (Å²) in [7, 11) is -1.86. The zero-order valence-electron chi connectivity index (χ0n) is 38.4. The van der Waals surface area contributed by atoms with E-state index in [1.807, 2.05) is 35.2 Å². The average molecular weight is 981 g/mol.